The first-order valence-corrected chi connectivity index (χ1v) is 5.74. The smallest absolute Gasteiger partial charge is 0.276 e. The number of carbonyl (C=O) groups excluding carboxylic acids is 1. The van der Waals surface area contributed by atoms with Crippen molar-refractivity contribution in [3.05, 3.63) is 36.4 Å². The molecular weight excluding hydrogens is 246 g/mol. The average Bonchev–Trinajstić information content (AvgIpc) is 2.84. The first-order chi connectivity index (χ1) is 9.20. The number of hydrogen-bond acceptors (Lipinski definition) is 5. The minimum atomic E-state index is -0.357. The Labute approximate surface area is 110 Å². The number of nitrogens with two attached hydrogens (primary N) is 1. The lowest BCUT2D eigenvalue weighted by Crippen LogP contribution is -2.15. The largest absolute Gasteiger partial charge is 0.397 e. The number of carbonyl (C=O) groups is 1. The number of aromatic nitrogens is 3. The van der Waals surface area contributed by atoms with Crippen LogP contribution in [0.3, 0.4) is 0 Å². The predicted octanol–water partition coefficient (Wildman–Crippen LogP) is 0.759. The van der Waals surface area contributed by atoms with Gasteiger partial charge in [0.25, 0.3) is 5.91 Å². The maximum atomic E-state index is 11.9. The summed E-state index contributed by atoms with van der Waals surface area (Å²) in [5, 5.41) is 6.78. The number of pyridine rings is 1. The monoisotopic (exact) mass is 261 g/mol. The third-order valence-electron chi connectivity index (χ3n) is 2.47. The number of nitrogen functional groups attached to an aromatic ring is 1. The highest BCUT2D eigenvalue weighted by molar-refractivity contribution is 6.05. The fourth-order valence-corrected chi connectivity index (χ4v) is 1.53. The molecule has 2 rings (SSSR count). The van der Waals surface area contributed by atoms with E-state index in [-0.39, 0.29) is 11.6 Å². The van der Waals surface area contributed by atoms with Gasteiger partial charge in [-0.2, -0.15) is 5.10 Å². The van der Waals surface area contributed by atoms with Crippen LogP contribution in [0.5, 0.6) is 0 Å². The fraction of sp³-hybridized carbons (Fsp3) is 0.250. The Hall–Kier alpha value is -2.41. The van der Waals surface area contributed by atoms with Crippen molar-refractivity contribution >= 4 is 17.3 Å². The molecule has 2 aromatic heterocycles. The van der Waals surface area contributed by atoms with Crippen LogP contribution in [0.15, 0.2) is 30.7 Å². The van der Waals surface area contributed by atoms with Gasteiger partial charge in [-0.1, -0.05) is 0 Å². The predicted molar refractivity (Wildman–Crippen MR) is 70.7 cm³/mol. The van der Waals surface area contributed by atoms with E-state index in [0.29, 0.717) is 24.5 Å². The van der Waals surface area contributed by atoms with Gasteiger partial charge in [0.2, 0.25) is 0 Å². The second-order valence-electron chi connectivity index (χ2n) is 3.88. The highest BCUT2D eigenvalue weighted by atomic mass is 16.5. The van der Waals surface area contributed by atoms with E-state index in [1.54, 1.807) is 36.3 Å². The molecule has 2 heterocycles. The van der Waals surface area contributed by atoms with E-state index in [4.69, 9.17) is 10.5 Å². The fourth-order valence-electron chi connectivity index (χ4n) is 1.53. The minimum Gasteiger partial charge on any atom is -0.397 e. The van der Waals surface area contributed by atoms with Gasteiger partial charge in [-0.05, 0) is 12.1 Å². The van der Waals surface area contributed by atoms with Gasteiger partial charge in [-0.25, -0.2) is 4.98 Å². The molecular formula is C12H15N5O2. The van der Waals surface area contributed by atoms with Crippen molar-refractivity contribution in [2.24, 2.45) is 0 Å². The minimum absolute atomic E-state index is 0.201. The van der Waals surface area contributed by atoms with E-state index >= 15 is 0 Å². The highest BCUT2D eigenvalue weighted by Gasteiger charge is 2.11. The molecule has 19 heavy (non-hydrogen) atoms. The molecule has 7 nitrogen and oxygen atoms in total. The standard InChI is InChI=1S/C12H15N5O2/c1-19-6-5-17-8-9(7-15-17)16-12(18)11-10(13)3-2-4-14-11/h2-4,7-8H,5-6,13H2,1H3,(H,16,18). The van der Waals surface area contributed by atoms with E-state index < -0.39 is 0 Å². The molecule has 0 radical (unpaired) electrons. The topological polar surface area (TPSA) is 95.1 Å². The lowest BCUT2D eigenvalue weighted by molar-refractivity contribution is 0.102. The Kier molecular flexibility index (Phi) is 4.09. The lowest BCUT2D eigenvalue weighted by atomic mass is 10.3. The second-order valence-corrected chi connectivity index (χ2v) is 3.88. The molecule has 0 aliphatic carbocycles. The van der Waals surface area contributed by atoms with Crippen LogP contribution in [0.2, 0.25) is 0 Å². The third-order valence-corrected chi connectivity index (χ3v) is 2.47. The molecule has 0 aromatic carbocycles. The second kappa shape index (κ2) is 5.96. The Balaban J connectivity index is 2.03. The van der Waals surface area contributed by atoms with E-state index in [1.165, 1.54) is 6.20 Å². The summed E-state index contributed by atoms with van der Waals surface area (Å²) in [7, 11) is 1.62. The van der Waals surface area contributed by atoms with E-state index in [0.717, 1.165) is 0 Å². The SMILES string of the molecule is COCCn1cc(NC(=O)c2ncccc2N)cn1. The molecule has 0 bridgehead atoms. The quantitative estimate of drug-likeness (QED) is 0.828. The molecule has 0 aliphatic heterocycles. The van der Waals surface area contributed by atoms with Crippen LogP contribution in [0.25, 0.3) is 0 Å². The van der Waals surface area contributed by atoms with Crippen LogP contribution in [0.1, 0.15) is 10.5 Å². The van der Waals surface area contributed by atoms with Crippen molar-refractivity contribution in [1.29, 1.82) is 0 Å². The van der Waals surface area contributed by atoms with Gasteiger partial charge in [0.1, 0.15) is 0 Å². The van der Waals surface area contributed by atoms with Crippen molar-refractivity contribution in [3.63, 3.8) is 0 Å². The summed E-state index contributed by atoms with van der Waals surface area (Å²) in [4.78, 5) is 15.9. The first kappa shape index (κ1) is 13.0. The van der Waals surface area contributed by atoms with Crippen molar-refractivity contribution in [2.45, 2.75) is 6.54 Å². The lowest BCUT2D eigenvalue weighted by Gasteiger charge is -2.04. The summed E-state index contributed by atoms with van der Waals surface area (Å²) < 4.78 is 6.63. The zero-order valence-corrected chi connectivity index (χ0v) is 10.5. The number of nitrogens with one attached hydrogen (secondary N) is 1. The van der Waals surface area contributed by atoms with Gasteiger partial charge in [-0.15, -0.1) is 0 Å². The Bertz CT molecular complexity index is 567. The Morgan fingerprint density at radius 1 is 1.58 bits per heavy atom. The van der Waals surface area contributed by atoms with E-state index in [2.05, 4.69) is 15.4 Å². The summed E-state index contributed by atoms with van der Waals surface area (Å²) in [6.07, 6.45) is 4.80. The van der Waals surface area contributed by atoms with Gasteiger partial charge in [0, 0.05) is 19.5 Å². The molecule has 0 unspecified atom stereocenters. The van der Waals surface area contributed by atoms with Gasteiger partial charge >= 0.3 is 0 Å². The molecule has 3 N–H and O–H groups in total. The number of rotatable bonds is 5. The number of nitrogens with zero attached hydrogens (tertiary/aromatic N) is 3. The summed E-state index contributed by atoms with van der Waals surface area (Å²) in [5.41, 5.74) is 6.82. The zero-order chi connectivity index (χ0) is 13.7. The molecule has 7 heteroatoms. The number of ether oxygens (including phenoxy) is 1. The molecule has 100 valence electrons. The highest BCUT2D eigenvalue weighted by Crippen LogP contribution is 2.11. The number of amides is 1. The van der Waals surface area contributed by atoms with Crippen LogP contribution in [-0.2, 0) is 11.3 Å². The van der Waals surface area contributed by atoms with Crippen molar-refractivity contribution in [3.8, 4) is 0 Å². The molecule has 0 fully saturated rings. The maximum absolute atomic E-state index is 11.9. The summed E-state index contributed by atoms with van der Waals surface area (Å²) in [5.74, 6) is -0.357. The van der Waals surface area contributed by atoms with E-state index in [1.807, 2.05) is 0 Å². The van der Waals surface area contributed by atoms with Gasteiger partial charge in [0.15, 0.2) is 5.69 Å². The van der Waals surface area contributed by atoms with Crippen LogP contribution in [0.4, 0.5) is 11.4 Å². The molecule has 0 aliphatic rings. The number of anilines is 2. The Morgan fingerprint density at radius 2 is 2.42 bits per heavy atom. The summed E-state index contributed by atoms with van der Waals surface area (Å²) in [6.45, 7) is 1.18. The molecule has 0 atom stereocenters. The van der Waals surface area contributed by atoms with Crippen LogP contribution in [0, 0.1) is 0 Å². The average molecular weight is 261 g/mol. The van der Waals surface area contributed by atoms with Crippen LogP contribution >= 0.6 is 0 Å². The van der Waals surface area contributed by atoms with Crippen molar-refractivity contribution in [1.82, 2.24) is 14.8 Å². The number of hydrogen-bond donors (Lipinski definition) is 2. The normalized spacial score (nSPS) is 10.4. The molecule has 1 amide bonds. The van der Waals surface area contributed by atoms with Gasteiger partial charge in [-0.3, -0.25) is 9.48 Å². The maximum Gasteiger partial charge on any atom is 0.276 e. The molecule has 0 saturated heterocycles. The third kappa shape index (κ3) is 3.29. The van der Waals surface area contributed by atoms with Crippen LogP contribution in [-0.4, -0.2) is 34.4 Å². The van der Waals surface area contributed by atoms with Crippen LogP contribution < -0.4 is 11.1 Å². The number of methoxy groups -OCH3 is 1. The molecule has 0 saturated carbocycles. The zero-order valence-electron chi connectivity index (χ0n) is 10.5. The summed E-state index contributed by atoms with van der Waals surface area (Å²) >= 11 is 0. The Morgan fingerprint density at radius 3 is 3.16 bits per heavy atom. The molecule has 2 aromatic rings. The summed E-state index contributed by atoms with van der Waals surface area (Å²) in [6, 6.07) is 3.30. The van der Waals surface area contributed by atoms with Crippen molar-refractivity contribution in [2.75, 3.05) is 24.8 Å². The molecule has 0 spiro atoms. The van der Waals surface area contributed by atoms with Crippen molar-refractivity contribution < 1.29 is 9.53 Å². The van der Waals surface area contributed by atoms with Gasteiger partial charge < -0.3 is 15.8 Å². The first-order valence-electron chi connectivity index (χ1n) is 5.74. The van der Waals surface area contributed by atoms with Gasteiger partial charge in [0.05, 0.1) is 30.7 Å². The van der Waals surface area contributed by atoms with E-state index in [9.17, 15) is 4.79 Å².